The Hall–Kier alpha value is -3.04. The molecule has 1 unspecified atom stereocenters. The van der Waals surface area contributed by atoms with Crippen LogP contribution in [0.3, 0.4) is 0 Å². The zero-order valence-electron chi connectivity index (χ0n) is 18.4. The molecule has 0 spiro atoms. The Balaban J connectivity index is 1.44. The summed E-state index contributed by atoms with van der Waals surface area (Å²) >= 11 is 6.07. The van der Waals surface area contributed by atoms with Crippen molar-refractivity contribution in [2.24, 2.45) is 0 Å². The Kier molecular flexibility index (Phi) is 6.62. The number of sulfonamides is 1. The van der Waals surface area contributed by atoms with Gasteiger partial charge >= 0.3 is 0 Å². The maximum Gasteiger partial charge on any atom is 0.261 e. The van der Waals surface area contributed by atoms with Gasteiger partial charge in [0.2, 0.25) is 10.0 Å². The number of hydrogen-bond donors (Lipinski definition) is 1. The van der Waals surface area contributed by atoms with E-state index in [9.17, 15) is 13.2 Å². The van der Waals surface area contributed by atoms with E-state index in [1.165, 1.54) is 10.4 Å². The number of carbonyl (C=O) groups is 1. The van der Waals surface area contributed by atoms with Crippen molar-refractivity contribution in [3.63, 3.8) is 0 Å². The van der Waals surface area contributed by atoms with E-state index in [1.807, 2.05) is 42.0 Å². The molecule has 0 aliphatic carbocycles. The molecule has 1 amide bonds. The van der Waals surface area contributed by atoms with Crippen LogP contribution in [0.2, 0.25) is 5.02 Å². The Labute approximate surface area is 198 Å². The van der Waals surface area contributed by atoms with E-state index in [1.54, 1.807) is 18.3 Å². The summed E-state index contributed by atoms with van der Waals surface area (Å²) in [5.74, 6) is 0.936. The quantitative estimate of drug-likeness (QED) is 0.575. The van der Waals surface area contributed by atoms with E-state index in [-0.39, 0.29) is 18.9 Å². The lowest BCUT2D eigenvalue weighted by molar-refractivity contribution is -0.128. The van der Waals surface area contributed by atoms with Gasteiger partial charge in [0.15, 0.2) is 6.10 Å². The highest BCUT2D eigenvalue weighted by Gasteiger charge is 2.31. The van der Waals surface area contributed by atoms with E-state index in [2.05, 4.69) is 10.3 Å². The van der Waals surface area contributed by atoms with E-state index in [4.69, 9.17) is 16.3 Å². The minimum Gasteiger partial charge on any atom is -0.478 e. The van der Waals surface area contributed by atoms with Gasteiger partial charge in [0.25, 0.3) is 5.91 Å². The lowest BCUT2D eigenvalue weighted by Gasteiger charge is -2.21. The third kappa shape index (κ3) is 5.48. The van der Waals surface area contributed by atoms with Crippen LogP contribution in [-0.2, 0) is 27.9 Å². The van der Waals surface area contributed by atoms with Crippen molar-refractivity contribution in [3.8, 4) is 5.75 Å². The average molecular weight is 489 g/mol. The van der Waals surface area contributed by atoms with Crippen molar-refractivity contribution >= 4 is 33.2 Å². The van der Waals surface area contributed by atoms with Crippen LogP contribution in [0.1, 0.15) is 23.4 Å². The molecule has 1 N–H and O–H groups in total. The predicted octanol–water partition coefficient (Wildman–Crippen LogP) is 3.13. The molecule has 0 radical (unpaired) electrons. The number of halogens is 1. The Morgan fingerprint density at radius 1 is 1.24 bits per heavy atom. The number of fused-ring (bicyclic) bond motifs is 1. The number of aromatic nitrogens is 2. The van der Waals surface area contributed by atoms with Gasteiger partial charge in [0.05, 0.1) is 11.9 Å². The monoisotopic (exact) mass is 488 g/mol. The molecule has 33 heavy (non-hydrogen) atoms. The first-order valence-corrected chi connectivity index (χ1v) is 12.7. The van der Waals surface area contributed by atoms with E-state index >= 15 is 0 Å². The number of aryl methyl sites for hydroxylation is 1. The molecule has 0 saturated heterocycles. The number of ether oxygens (including phenoxy) is 1. The minimum atomic E-state index is -3.56. The summed E-state index contributed by atoms with van der Waals surface area (Å²) in [7, 11) is -3.56. The summed E-state index contributed by atoms with van der Waals surface area (Å²) in [6.45, 7) is 3.09. The van der Waals surface area contributed by atoms with Crippen molar-refractivity contribution in [2.75, 3.05) is 17.1 Å². The fraction of sp³-hybridized carbons (Fsp3) is 0.304. The van der Waals surface area contributed by atoms with Gasteiger partial charge in [-0.25, -0.2) is 13.4 Å². The first-order chi connectivity index (χ1) is 15.7. The SMILES string of the molecule is Cc1nccn1Cc1cccc(CNC(=O)C2CCN(S(C)(=O)=O)c3cc(Cl)ccc3O2)c1. The second-order valence-electron chi connectivity index (χ2n) is 7.98. The molecule has 1 aliphatic rings. The summed E-state index contributed by atoms with van der Waals surface area (Å²) < 4.78 is 33.8. The lowest BCUT2D eigenvalue weighted by Crippen LogP contribution is -2.39. The molecule has 2 heterocycles. The Morgan fingerprint density at radius 3 is 2.76 bits per heavy atom. The van der Waals surface area contributed by atoms with Crippen LogP contribution in [0, 0.1) is 6.92 Å². The minimum absolute atomic E-state index is 0.115. The smallest absolute Gasteiger partial charge is 0.261 e. The normalized spacial score (nSPS) is 16.0. The van der Waals surface area contributed by atoms with E-state index in [0.29, 0.717) is 29.5 Å². The largest absolute Gasteiger partial charge is 0.478 e. The van der Waals surface area contributed by atoms with Crippen molar-refractivity contribution in [2.45, 2.75) is 32.5 Å². The van der Waals surface area contributed by atoms with Crippen LogP contribution in [0.4, 0.5) is 5.69 Å². The maximum atomic E-state index is 12.9. The molecular formula is C23H25ClN4O4S. The van der Waals surface area contributed by atoms with E-state index in [0.717, 1.165) is 23.2 Å². The third-order valence-electron chi connectivity index (χ3n) is 5.48. The van der Waals surface area contributed by atoms with Crippen molar-refractivity contribution < 1.29 is 17.9 Å². The number of carbonyl (C=O) groups excluding carboxylic acids is 1. The van der Waals surface area contributed by atoms with Crippen LogP contribution < -0.4 is 14.4 Å². The highest BCUT2D eigenvalue weighted by molar-refractivity contribution is 7.92. The summed E-state index contributed by atoms with van der Waals surface area (Å²) in [5.41, 5.74) is 2.39. The van der Waals surface area contributed by atoms with Crippen molar-refractivity contribution in [3.05, 3.63) is 76.8 Å². The van der Waals surface area contributed by atoms with Crippen LogP contribution in [0.5, 0.6) is 5.75 Å². The second-order valence-corrected chi connectivity index (χ2v) is 10.3. The summed E-state index contributed by atoms with van der Waals surface area (Å²) in [6.07, 6.45) is 4.20. The third-order valence-corrected chi connectivity index (χ3v) is 6.90. The molecule has 8 nitrogen and oxygen atoms in total. The molecular weight excluding hydrogens is 464 g/mol. The van der Waals surface area contributed by atoms with Gasteiger partial charge in [-0.1, -0.05) is 35.9 Å². The standard InChI is InChI=1S/C23H25ClN4O4S/c1-16-25-9-11-27(16)15-18-5-3-4-17(12-18)14-26-23(29)22-8-10-28(33(2,30)31)20-13-19(24)6-7-21(20)32-22/h3-7,9,11-13,22H,8,10,14-15H2,1-2H3,(H,26,29). The van der Waals surface area contributed by atoms with Crippen LogP contribution in [0.15, 0.2) is 54.9 Å². The Bertz CT molecular complexity index is 1270. The van der Waals surface area contributed by atoms with Crippen LogP contribution in [-0.4, -0.2) is 42.8 Å². The molecule has 1 aliphatic heterocycles. The molecule has 10 heteroatoms. The molecule has 4 rings (SSSR count). The Morgan fingerprint density at radius 2 is 2.03 bits per heavy atom. The molecule has 0 bridgehead atoms. The summed E-state index contributed by atoms with van der Waals surface area (Å²) in [5, 5.41) is 3.30. The van der Waals surface area contributed by atoms with Crippen LogP contribution >= 0.6 is 11.6 Å². The molecule has 0 fully saturated rings. The van der Waals surface area contributed by atoms with Crippen molar-refractivity contribution in [1.82, 2.24) is 14.9 Å². The van der Waals surface area contributed by atoms with Crippen LogP contribution in [0.25, 0.3) is 0 Å². The van der Waals surface area contributed by atoms with Crippen molar-refractivity contribution in [1.29, 1.82) is 0 Å². The number of hydrogen-bond acceptors (Lipinski definition) is 5. The van der Waals surface area contributed by atoms with Gasteiger partial charge in [-0.3, -0.25) is 9.10 Å². The van der Waals surface area contributed by atoms with Gasteiger partial charge in [-0.2, -0.15) is 0 Å². The fourth-order valence-corrected chi connectivity index (χ4v) is 4.89. The highest BCUT2D eigenvalue weighted by Crippen LogP contribution is 2.36. The lowest BCUT2D eigenvalue weighted by atomic mass is 10.1. The van der Waals surface area contributed by atoms with Gasteiger partial charge in [0.1, 0.15) is 11.6 Å². The maximum absolute atomic E-state index is 12.9. The number of anilines is 1. The summed E-state index contributed by atoms with van der Waals surface area (Å²) in [6, 6.07) is 12.7. The number of benzene rings is 2. The zero-order chi connectivity index (χ0) is 23.6. The molecule has 3 aromatic rings. The highest BCUT2D eigenvalue weighted by atomic mass is 35.5. The second kappa shape index (κ2) is 9.44. The summed E-state index contributed by atoms with van der Waals surface area (Å²) in [4.78, 5) is 17.1. The fourth-order valence-electron chi connectivity index (χ4n) is 3.79. The predicted molar refractivity (Wildman–Crippen MR) is 127 cm³/mol. The molecule has 2 aromatic carbocycles. The average Bonchev–Trinajstić information content (AvgIpc) is 3.05. The number of nitrogens with zero attached hydrogens (tertiary/aromatic N) is 3. The zero-order valence-corrected chi connectivity index (χ0v) is 19.9. The number of rotatable bonds is 6. The molecule has 0 saturated carbocycles. The number of imidazole rings is 1. The van der Waals surface area contributed by atoms with Gasteiger partial charge in [0, 0.05) is 43.5 Å². The van der Waals surface area contributed by atoms with Gasteiger partial charge < -0.3 is 14.6 Å². The van der Waals surface area contributed by atoms with Gasteiger partial charge in [-0.05, 0) is 36.2 Å². The van der Waals surface area contributed by atoms with E-state index < -0.39 is 16.1 Å². The topological polar surface area (TPSA) is 93.5 Å². The molecule has 1 atom stereocenters. The number of nitrogens with one attached hydrogen (secondary N) is 1. The first-order valence-electron chi connectivity index (χ1n) is 10.5. The number of amides is 1. The first kappa shape index (κ1) is 23.1. The van der Waals surface area contributed by atoms with Gasteiger partial charge in [-0.15, -0.1) is 0 Å². The molecule has 1 aromatic heterocycles. The molecule has 174 valence electrons.